The molecule has 0 bridgehead atoms. The molecule has 0 saturated heterocycles. The number of benzene rings is 2. The number of hydrogen-bond donors (Lipinski definition) is 1. The van der Waals surface area contributed by atoms with E-state index in [2.05, 4.69) is 0 Å². The molecule has 0 atom stereocenters. The molecule has 0 unspecified atom stereocenters. The second-order valence-corrected chi connectivity index (χ2v) is 6.07. The SMILES string of the molecule is CCOC(=O)c1c(COc2cccc(OC)c2)n(C)c2cc(C#N)c(O)cc12. The van der Waals surface area contributed by atoms with Crippen LogP contribution in [0.4, 0.5) is 0 Å². The molecule has 3 aromatic rings. The Morgan fingerprint density at radius 1 is 1.25 bits per heavy atom. The zero-order valence-corrected chi connectivity index (χ0v) is 15.9. The van der Waals surface area contributed by atoms with Crippen LogP contribution in [0.5, 0.6) is 17.2 Å². The summed E-state index contributed by atoms with van der Waals surface area (Å²) < 4.78 is 18.0. The maximum absolute atomic E-state index is 12.6. The van der Waals surface area contributed by atoms with Crippen LogP contribution in [0.2, 0.25) is 0 Å². The van der Waals surface area contributed by atoms with Gasteiger partial charge in [0.15, 0.2) is 0 Å². The van der Waals surface area contributed by atoms with E-state index < -0.39 is 5.97 Å². The molecule has 2 aromatic carbocycles. The average Bonchev–Trinajstić information content (AvgIpc) is 2.97. The first-order chi connectivity index (χ1) is 13.5. The molecule has 1 aromatic heterocycles. The largest absolute Gasteiger partial charge is 0.507 e. The van der Waals surface area contributed by atoms with Crippen LogP contribution in [0.1, 0.15) is 28.5 Å². The first-order valence-electron chi connectivity index (χ1n) is 8.68. The number of carbonyl (C=O) groups is 1. The molecule has 1 heterocycles. The number of phenols is 1. The summed E-state index contributed by atoms with van der Waals surface area (Å²) in [6.07, 6.45) is 0. The predicted octanol–water partition coefficient (Wildman–Crippen LogP) is 3.52. The zero-order valence-electron chi connectivity index (χ0n) is 15.9. The Labute approximate surface area is 162 Å². The lowest BCUT2D eigenvalue weighted by Gasteiger charge is -2.11. The van der Waals surface area contributed by atoms with Gasteiger partial charge in [-0.1, -0.05) is 6.07 Å². The topological polar surface area (TPSA) is 93.7 Å². The van der Waals surface area contributed by atoms with Crippen molar-refractivity contribution in [1.29, 1.82) is 5.26 Å². The predicted molar refractivity (Wildman–Crippen MR) is 103 cm³/mol. The van der Waals surface area contributed by atoms with Crippen molar-refractivity contribution in [1.82, 2.24) is 4.57 Å². The highest BCUT2D eigenvalue weighted by Crippen LogP contribution is 2.32. The quantitative estimate of drug-likeness (QED) is 0.658. The molecular formula is C21H20N2O5. The Morgan fingerprint density at radius 2 is 2.00 bits per heavy atom. The summed E-state index contributed by atoms with van der Waals surface area (Å²) >= 11 is 0. The molecule has 0 aliphatic heterocycles. The molecule has 0 fully saturated rings. The molecule has 7 heteroatoms. The van der Waals surface area contributed by atoms with E-state index in [0.717, 1.165) is 0 Å². The van der Waals surface area contributed by atoms with Crippen LogP contribution < -0.4 is 9.47 Å². The van der Waals surface area contributed by atoms with Crippen LogP contribution >= 0.6 is 0 Å². The summed E-state index contributed by atoms with van der Waals surface area (Å²) in [5, 5.41) is 19.8. The van der Waals surface area contributed by atoms with Crippen LogP contribution in [-0.4, -0.2) is 29.4 Å². The highest BCUT2D eigenvalue weighted by Gasteiger charge is 2.24. The molecular weight excluding hydrogens is 360 g/mol. The van der Waals surface area contributed by atoms with Gasteiger partial charge in [0.1, 0.15) is 29.9 Å². The number of esters is 1. The molecule has 144 valence electrons. The molecule has 0 aliphatic carbocycles. The fourth-order valence-electron chi connectivity index (χ4n) is 3.06. The van der Waals surface area contributed by atoms with Crippen molar-refractivity contribution in [3.05, 3.63) is 53.2 Å². The van der Waals surface area contributed by atoms with Gasteiger partial charge in [0.05, 0.1) is 36.1 Å². The van der Waals surface area contributed by atoms with Crippen LogP contribution in [0.15, 0.2) is 36.4 Å². The summed E-state index contributed by atoms with van der Waals surface area (Å²) in [7, 11) is 3.34. The third-order valence-electron chi connectivity index (χ3n) is 4.45. The van der Waals surface area contributed by atoms with Gasteiger partial charge in [-0.15, -0.1) is 0 Å². The van der Waals surface area contributed by atoms with Crippen molar-refractivity contribution in [2.24, 2.45) is 7.05 Å². The number of aromatic nitrogens is 1. The minimum atomic E-state index is -0.513. The fourth-order valence-corrected chi connectivity index (χ4v) is 3.06. The Balaban J connectivity index is 2.08. The van der Waals surface area contributed by atoms with Gasteiger partial charge in [-0.3, -0.25) is 0 Å². The number of hydrogen-bond acceptors (Lipinski definition) is 6. The number of aromatic hydroxyl groups is 1. The van der Waals surface area contributed by atoms with Crippen LogP contribution in [0.3, 0.4) is 0 Å². The second kappa shape index (κ2) is 7.92. The standard InChI is InChI=1S/C21H20N2O5/c1-4-27-21(25)20-16-10-19(24)13(11-22)8-17(16)23(2)18(20)12-28-15-7-5-6-14(9-15)26-3/h5-10,24H,4,12H2,1-3H3. The average molecular weight is 380 g/mol. The number of phenolic OH excluding ortho intramolecular Hbond substituents is 1. The highest BCUT2D eigenvalue weighted by molar-refractivity contribution is 6.06. The first-order valence-corrected chi connectivity index (χ1v) is 8.68. The van der Waals surface area contributed by atoms with Gasteiger partial charge in [-0.25, -0.2) is 4.79 Å². The van der Waals surface area contributed by atoms with Crippen molar-refractivity contribution in [2.75, 3.05) is 13.7 Å². The van der Waals surface area contributed by atoms with E-state index >= 15 is 0 Å². The minimum Gasteiger partial charge on any atom is -0.507 e. The Bertz CT molecular complexity index is 1080. The molecule has 0 amide bonds. The lowest BCUT2D eigenvalue weighted by molar-refractivity contribution is 0.0525. The van der Waals surface area contributed by atoms with Crippen LogP contribution in [0.25, 0.3) is 10.9 Å². The van der Waals surface area contributed by atoms with Crippen molar-refractivity contribution in [2.45, 2.75) is 13.5 Å². The van der Waals surface area contributed by atoms with Crippen LogP contribution in [-0.2, 0) is 18.4 Å². The van der Waals surface area contributed by atoms with E-state index in [9.17, 15) is 15.2 Å². The minimum absolute atomic E-state index is 0.0924. The van der Waals surface area contributed by atoms with Crippen LogP contribution in [0, 0.1) is 11.3 Å². The van der Waals surface area contributed by atoms with E-state index in [1.807, 2.05) is 6.07 Å². The summed E-state index contributed by atoms with van der Waals surface area (Å²) in [5.74, 6) is 0.539. The number of nitrogens with zero attached hydrogens (tertiary/aromatic N) is 2. The molecule has 0 aliphatic rings. The third kappa shape index (κ3) is 3.45. The summed E-state index contributed by atoms with van der Waals surface area (Å²) in [6, 6.07) is 12.0. The molecule has 0 radical (unpaired) electrons. The Morgan fingerprint density at radius 3 is 2.68 bits per heavy atom. The number of aryl methyl sites for hydroxylation is 1. The maximum Gasteiger partial charge on any atom is 0.340 e. The maximum atomic E-state index is 12.6. The van der Waals surface area contributed by atoms with Gasteiger partial charge in [0.25, 0.3) is 0 Å². The number of rotatable bonds is 6. The number of methoxy groups -OCH3 is 1. The molecule has 3 rings (SSSR count). The van der Waals surface area contributed by atoms with Gasteiger partial charge in [0.2, 0.25) is 0 Å². The van der Waals surface area contributed by atoms with Crippen molar-refractivity contribution < 1.29 is 24.1 Å². The van der Waals surface area contributed by atoms with E-state index in [1.54, 1.807) is 56.0 Å². The summed E-state index contributed by atoms with van der Waals surface area (Å²) in [6.45, 7) is 2.03. The second-order valence-electron chi connectivity index (χ2n) is 6.07. The number of ether oxygens (including phenoxy) is 3. The Kier molecular flexibility index (Phi) is 5.41. The lowest BCUT2D eigenvalue weighted by Crippen LogP contribution is -2.11. The van der Waals surface area contributed by atoms with Gasteiger partial charge in [-0.05, 0) is 31.2 Å². The molecule has 0 saturated carbocycles. The summed E-state index contributed by atoms with van der Waals surface area (Å²) in [5.41, 5.74) is 1.64. The molecule has 28 heavy (non-hydrogen) atoms. The van der Waals surface area contributed by atoms with E-state index in [-0.39, 0.29) is 24.5 Å². The molecule has 7 nitrogen and oxygen atoms in total. The number of fused-ring (bicyclic) bond motifs is 1. The smallest absolute Gasteiger partial charge is 0.340 e. The summed E-state index contributed by atoms with van der Waals surface area (Å²) in [4.78, 5) is 12.6. The van der Waals surface area contributed by atoms with E-state index in [1.165, 1.54) is 6.07 Å². The number of nitriles is 1. The highest BCUT2D eigenvalue weighted by atomic mass is 16.5. The lowest BCUT2D eigenvalue weighted by atomic mass is 10.1. The number of carbonyl (C=O) groups excluding carboxylic acids is 1. The first kappa shape index (κ1) is 19.1. The zero-order chi connectivity index (χ0) is 20.3. The molecule has 1 N–H and O–H groups in total. The van der Waals surface area contributed by atoms with Gasteiger partial charge >= 0.3 is 5.97 Å². The fraction of sp³-hybridized carbons (Fsp3) is 0.238. The molecule has 0 spiro atoms. The van der Waals surface area contributed by atoms with Crippen molar-refractivity contribution >= 4 is 16.9 Å². The monoisotopic (exact) mass is 380 g/mol. The van der Waals surface area contributed by atoms with Crippen molar-refractivity contribution in [3.63, 3.8) is 0 Å². The van der Waals surface area contributed by atoms with E-state index in [0.29, 0.717) is 33.7 Å². The normalized spacial score (nSPS) is 10.5. The van der Waals surface area contributed by atoms with E-state index in [4.69, 9.17) is 14.2 Å². The van der Waals surface area contributed by atoms with Crippen molar-refractivity contribution in [3.8, 4) is 23.3 Å². The Hall–Kier alpha value is -3.66. The third-order valence-corrected chi connectivity index (χ3v) is 4.45. The van der Waals surface area contributed by atoms with Gasteiger partial charge in [-0.2, -0.15) is 5.26 Å². The van der Waals surface area contributed by atoms with Gasteiger partial charge in [0, 0.05) is 18.5 Å². The van der Waals surface area contributed by atoms with Gasteiger partial charge < -0.3 is 23.9 Å².